The van der Waals surface area contributed by atoms with Crippen molar-refractivity contribution in [2.24, 2.45) is 0 Å². The summed E-state index contributed by atoms with van der Waals surface area (Å²) in [6.45, 7) is 0. The van der Waals surface area contributed by atoms with E-state index in [1.54, 1.807) is 0 Å². The van der Waals surface area contributed by atoms with E-state index in [1.807, 2.05) is 12.4 Å². The Bertz CT molecular complexity index is 3060. The van der Waals surface area contributed by atoms with Crippen LogP contribution >= 0.6 is 0 Å². The van der Waals surface area contributed by atoms with Gasteiger partial charge >= 0.3 is 0 Å². The molecule has 0 saturated heterocycles. The summed E-state index contributed by atoms with van der Waals surface area (Å²) in [5.41, 5.74) is 11.0. The molecule has 5 heterocycles. The van der Waals surface area contributed by atoms with E-state index in [0.717, 1.165) is 55.4 Å². The lowest BCUT2D eigenvalue weighted by Crippen LogP contribution is -1.99. The molecular formula is C42H25N5. The Balaban J connectivity index is 1.59. The Hall–Kier alpha value is -6.46. The third-order valence-corrected chi connectivity index (χ3v) is 9.85. The van der Waals surface area contributed by atoms with Crippen LogP contribution in [0.3, 0.4) is 0 Å². The molecule has 5 heteroatoms. The zero-order chi connectivity index (χ0) is 30.6. The topological polar surface area (TPSA) is 40.1 Å². The van der Waals surface area contributed by atoms with Crippen LogP contribution < -0.4 is 0 Å². The van der Waals surface area contributed by atoms with E-state index in [9.17, 15) is 0 Å². The first-order valence-corrected chi connectivity index (χ1v) is 15.9. The molecule has 0 spiro atoms. The minimum absolute atomic E-state index is 0.935. The molecule has 0 unspecified atom stereocenters. The lowest BCUT2D eigenvalue weighted by atomic mass is 9.97. The van der Waals surface area contributed by atoms with E-state index in [0.29, 0.717) is 0 Å². The van der Waals surface area contributed by atoms with Crippen molar-refractivity contribution in [1.29, 1.82) is 0 Å². The highest BCUT2D eigenvalue weighted by molar-refractivity contribution is 6.42. The molecule has 5 aromatic heterocycles. The quantitative estimate of drug-likeness (QED) is 0.186. The number of hydrogen-bond acceptors (Lipinski definition) is 2. The lowest BCUT2D eigenvalue weighted by molar-refractivity contribution is 1.18. The first kappa shape index (κ1) is 24.8. The second kappa shape index (κ2) is 9.05. The van der Waals surface area contributed by atoms with Gasteiger partial charge in [-0.15, -0.1) is 0 Å². The molecule has 5 nitrogen and oxygen atoms in total. The van der Waals surface area contributed by atoms with Crippen LogP contribution in [0.15, 0.2) is 152 Å². The summed E-state index contributed by atoms with van der Waals surface area (Å²) >= 11 is 0. The highest BCUT2D eigenvalue weighted by atomic mass is 15.0. The number of imidazole rings is 1. The average Bonchev–Trinajstić information content (AvgIpc) is 3.80. The Labute approximate surface area is 268 Å². The van der Waals surface area contributed by atoms with Crippen molar-refractivity contribution in [3.05, 3.63) is 152 Å². The second-order valence-corrected chi connectivity index (χ2v) is 12.2. The molecule has 0 aliphatic heterocycles. The van der Waals surface area contributed by atoms with Crippen LogP contribution in [-0.4, -0.2) is 23.5 Å². The van der Waals surface area contributed by atoms with Crippen molar-refractivity contribution in [2.45, 2.75) is 0 Å². The molecule has 0 aliphatic carbocycles. The molecule has 11 aromatic rings. The van der Waals surface area contributed by atoms with Gasteiger partial charge in [-0.2, -0.15) is 0 Å². The summed E-state index contributed by atoms with van der Waals surface area (Å²) in [6, 6.07) is 49.8. The van der Waals surface area contributed by atoms with E-state index in [1.165, 1.54) is 38.0 Å². The minimum Gasteiger partial charge on any atom is -0.309 e. The maximum Gasteiger partial charge on any atom is 0.148 e. The van der Waals surface area contributed by atoms with Gasteiger partial charge in [-0.05, 0) is 54.6 Å². The highest BCUT2D eigenvalue weighted by Crippen LogP contribution is 2.49. The van der Waals surface area contributed by atoms with Gasteiger partial charge in [0.25, 0.3) is 0 Å². The summed E-state index contributed by atoms with van der Waals surface area (Å²) in [4.78, 5) is 10.1. The molecule has 0 amide bonds. The van der Waals surface area contributed by atoms with Crippen LogP contribution in [0.4, 0.5) is 0 Å². The van der Waals surface area contributed by atoms with Crippen LogP contribution in [0, 0.1) is 0 Å². The molecule has 0 aliphatic rings. The van der Waals surface area contributed by atoms with Gasteiger partial charge in [0.05, 0.1) is 50.2 Å². The van der Waals surface area contributed by atoms with E-state index >= 15 is 0 Å². The Kier molecular flexibility index (Phi) is 4.78. The molecule has 0 N–H and O–H groups in total. The number of pyridine rings is 2. The van der Waals surface area contributed by atoms with Gasteiger partial charge in [-0.3, -0.25) is 9.38 Å². The van der Waals surface area contributed by atoms with Crippen molar-refractivity contribution in [1.82, 2.24) is 23.5 Å². The first-order valence-electron chi connectivity index (χ1n) is 15.9. The SMILES string of the molecule is c1ccc(-n2c3ccccc3c3c4c5ccncc5n5c6ccccc6nc5c4c4c(c5ccccc5n4-c4ccccc4)c32)cc1. The maximum absolute atomic E-state index is 5.42. The largest absolute Gasteiger partial charge is 0.309 e. The summed E-state index contributed by atoms with van der Waals surface area (Å²) in [5, 5.41) is 8.36. The van der Waals surface area contributed by atoms with Gasteiger partial charge in [-0.25, -0.2) is 4.98 Å². The Morgan fingerprint density at radius 3 is 1.62 bits per heavy atom. The zero-order valence-corrected chi connectivity index (χ0v) is 25.2. The normalized spacial score (nSPS) is 12.3. The number of para-hydroxylation sites is 6. The summed E-state index contributed by atoms with van der Waals surface area (Å²) < 4.78 is 7.23. The van der Waals surface area contributed by atoms with Crippen LogP contribution in [0.1, 0.15) is 0 Å². The van der Waals surface area contributed by atoms with Crippen LogP contribution in [-0.2, 0) is 0 Å². The molecule has 0 fully saturated rings. The lowest BCUT2D eigenvalue weighted by Gasteiger charge is -2.16. The molecule has 0 bridgehead atoms. The fourth-order valence-electron chi connectivity index (χ4n) is 8.08. The number of nitrogens with zero attached hydrogens (tertiary/aromatic N) is 5. The predicted octanol–water partition coefficient (Wildman–Crippen LogP) is 10.4. The average molecular weight is 600 g/mol. The van der Waals surface area contributed by atoms with Gasteiger partial charge in [0.1, 0.15) is 5.65 Å². The van der Waals surface area contributed by atoms with Crippen molar-refractivity contribution in [3.8, 4) is 11.4 Å². The van der Waals surface area contributed by atoms with Gasteiger partial charge < -0.3 is 9.13 Å². The highest BCUT2D eigenvalue weighted by Gasteiger charge is 2.28. The number of aromatic nitrogens is 5. The summed E-state index contributed by atoms with van der Waals surface area (Å²) in [7, 11) is 0. The van der Waals surface area contributed by atoms with Crippen molar-refractivity contribution in [2.75, 3.05) is 0 Å². The minimum atomic E-state index is 0.935. The maximum atomic E-state index is 5.42. The monoisotopic (exact) mass is 599 g/mol. The molecule has 0 saturated carbocycles. The Morgan fingerprint density at radius 1 is 0.404 bits per heavy atom. The fourth-order valence-corrected chi connectivity index (χ4v) is 8.08. The number of hydrogen-bond donors (Lipinski definition) is 0. The molecule has 6 aromatic carbocycles. The van der Waals surface area contributed by atoms with Crippen LogP contribution in [0.2, 0.25) is 0 Å². The molecule has 0 radical (unpaired) electrons. The molecule has 0 atom stereocenters. The predicted molar refractivity (Wildman–Crippen MR) is 194 cm³/mol. The Morgan fingerprint density at radius 2 is 0.936 bits per heavy atom. The first-order chi connectivity index (χ1) is 23.4. The van der Waals surface area contributed by atoms with E-state index in [2.05, 4.69) is 158 Å². The number of benzene rings is 6. The van der Waals surface area contributed by atoms with Crippen LogP contribution in [0.5, 0.6) is 0 Å². The number of rotatable bonds is 2. The molecule has 47 heavy (non-hydrogen) atoms. The molecule has 218 valence electrons. The van der Waals surface area contributed by atoms with Crippen molar-refractivity contribution in [3.63, 3.8) is 0 Å². The van der Waals surface area contributed by atoms with E-state index in [-0.39, 0.29) is 0 Å². The van der Waals surface area contributed by atoms with Gasteiger partial charge in [0, 0.05) is 49.9 Å². The smallest absolute Gasteiger partial charge is 0.148 e. The van der Waals surface area contributed by atoms with Crippen molar-refractivity contribution >= 4 is 82.0 Å². The molecule has 11 rings (SSSR count). The van der Waals surface area contributed by atoms with Crippen LogP contribution in [0.25, 0.3) is 93.3 Å². The summed E-state index contributed by atoms with van der Waals surface area (Å²) in [6.07, 6.45) is 3.92. The zero-order valence-electron chi connectivity index (χ0n) is 25.2. The molecular weight excluding hydrogens is 574 g/mol. The van der Waals surface area contributed by atoms with Gasteiger partial charge in [-0.1, -0.05) is 84.9 Å². The van der Waals surface area contributed by atoms with Crippen molar-refractivity contribution < 1.29 is 0 Å². The number of fused-ring (bicyclic) bond motifs is 17. The third kappa shape index (κ3) is 3.12. The second-order valence-electron chi connectivity index (χ2n) is 12.2. The standard InChI is InChI=1S/C42H25N5/c1-3-13-26(14-4-1)45-32-20-10-7-17-28(32)37-36-30-23-24-43-25-35(30)47-34-22-12-9-19-31(34)44-42(47)39(36)41-38(40(37)45)29-18-8-11-21-33(29)46(41)27-15-5-2-6-16-27/h1-25H. The fraction of sp³-hybridized carbons (Fsp3) is 0. The third-order valence-electron chi connectivity index (χ3n) is 9.85. The van der Waals surface area contributed by atoms with Gasteiger partial charge in [0.15, 0.2) is 0 Å². The van der Waals surface area contributed by atoms with E-state index < -0.39 is 0 Å². The van der Waals surface area contributed by atoms with Gasteiger partial charge in [0.2, 0.25) is 0 Å². The summed E-state index contributed by atoms with van der Waals surface area (Å²) in [5.74, 6) is 0. The van der Waals surface area contributed by atoms with E-state index in [4.69, 9.17) is 4.98 Å².